The summed E-state index contributed by atoms with van der Waals surface area (Å²) in [5.74, 6) is -2.24. The van der Waals surface area contributed by atoms with Crippen LogP contribution < -0.4 is 0 Å². The molecule has 0 amide bonds. The molecule has 1 rings (SSSR count). The van der Waals surface area contributed by atoms with Crippen LogP contribution in [0, 0.1) is 10.1 Å². The van der Waals surface area contributed by atoms with Gasteiger partial charge in [0.2, 0.25) is 0 Å². The molecular formula is C14H17NO8. The average molecular weight is 327 g/mol. The maximum Gasteiger partial charge on any atom is 0.338 e. The average Bonchev–Trinajstić information content (AvgIpc) is 2.51. The lowest BCUT2D eigenvalue weighted by atomic mass is 9.98. The molecule has 0 heterocycles. The van der Waals surface area contributed by atoms with E-state index in [1.807, 2.05) is 0 Å². The lowest BCUT2D eigenvalue weighted by Gasteiger charge is -2.16. The predicted molar refractivity (Wildman–Crippen MR) is 77.5 cm³/mol. The molecule has 0 aliphatic rings. The molecule has 0 radical (unpaired) electrons. The normalized spacial score (nSPS) is 10.6. The van der Waals surface area contributed by atoms with Crippen LogP contribution in [0.25, 0.3) is 0 Å². The minimum atomic E-state index is -1.39. The SMILES string of the molecule is CCOC(=O)c1cc(C(=O)O)cc([N+](=O)[O-])c1CC(OC)OC. The van der Waals surface area contributed by atoms with Gasteiger partial charge in [-0.1, -0.05) is 0 Å². The van der Waals surface area contributed by atoms with Gasteiger partial charge in [0, 0.05) is 32.3 Å². The standard InChI is InChI=1S/C14H17NO8/c1-4-23-14(18)10-5-8(13(16)17)6-11(15(19)20)9(10)7-12(21-2)22-3/h5-6,12H,4,7H2,1-3H3,(H,16,17). The second-order valence-corrected chi connectivity index (χ2v) is 4.41. The van der Waals surface area contributed by atoms with Gasteiger partial charge < -0.3 is 19.3 Å². The molecule has 9 nitrogen and oxygen atoms in total. The zero-order chi connectivity index (χ0) is 17.6. The molecule has 9 heteroatoms. The third-order valence-electron chi connectivity index (χ3n) is 3.06. The molecule has 0 unspecified atom stereocenters. The largest absolute Gasteiger partial charge is 0.478 e. The number of methoxy groups -OCH3 is 2. The Labute approximate surface area is 131 Å². The summed E-state index contributed by atoms with van der Waals surface area (Å²) in [6, 6.07) is 1.94. The Morgan fingerprint density at radius 2 is 1.91 bits per heavy atom. The topological polar surface area (TPSA) is 125 Å². The van der Waals surface area contributed by atoms with E-state index in [2.05, 4.69) is 0 Å². The first-order valence-corrected chi connectivity index (χ1v) is 6.62. The monoisotopic (exact) mass is 327 g/mol. The van der Waals surface area contributed by atoms with Crippen LogP contribution in [0.5, 0.6) is 0 Å². The van der Waals surface area contributed by atoms with E-state index in [-0.39, 0.29) is 29.7 Å². The van der Waals surface area contributed by atoms with Crippen molar-refractivity contribution in [2.24, 2.45) is 0 Å². The first kappa shape index (κ1) is 18.5. The van der Waals surface area contributed by atoms with Crippen LogP contribution in [0.15, 0.2) is 12.1 Å². The third kappa shape index (κ3) is 4.47. The van der Waals surface area contributed by atoms with Gasteiger partial charge in [0.05, 0.1) is 22.7 Å². The minimum Gasteiger partial charge on any atom is -0.478 e. The summed E-state index contributed by atoms with van der Waals surface area (Å²) in [6.07, 6.45) is -0.949. The van der Waals surface area contributed by atoms with Gasteiger partial charge in [-0.2, -0.15) is 0 Å². The number of benzene rings is 1. The van der Waals surface area contributed by atoms with Crippen LogP contribution in [0.2, 0.25) is 0 Å². The van der Waals surface area contributed by atoms with Crippen molar-refractivity contribution in [1.82, 2.24) is 0 Å². The van der Waals surface area contributed by atoms with Crippen LogP contribution in [-0.4, -0.2) is 49.1 Å². The zero-order valence-corrected chi connectivity index (χ0v) is 12.9. The predicted octanol–water partition coefficient (Wildman–Crippen LogP) is 1.63. The number of esters is 1. The molecule has 1 N–H and O–H groups in total. The molecule has 0 aliphatic heterocycles. The van der Waals surface area contributed by atoms with E-state index in [0.717, 1.165) is 12.1 Å². The van der Waals surface area contributed by atoms with Gasteiger partial charge >= 0.3 is 11.9 Å². The first-order chi connectivity index (χ1) is 10.8. The Morgan fingerprint density at radius 3 is 2.35 bits per heavy atom. The minimum absolute atomic E-state index is 0.00727. The van der Waals surface area contributed by atoms with Crippen LogP contribution in [0.3, 0.4) is 0 Å². The zero-order valence-electron chi connectivity index (χ0n) is 12.9. The molecule has 0 aromatic heterocycles. The van der Waals surface area contributed by atoms with Gasteiger partial charge in [0.15, 0.2) is 6.29 Å². The summed E-state index contributed by atoms with van der Waals surface area (Å²) >= 11 is 0. The van der Waals surface area contributed by atoms with Crippen molar-refractivity contribution in [3.63, 3.8) is 0 Å². The highest BCUT2D eigenvalue weighted by atomic mass is 16.7. The molecular weight excluding hydrogens is 310 g/mol. The number of carboxylic acids is 1. The second kappa shape index (κ2) is 8.20. The summed E-state index contributed by atoms with van der Waals surface area (Å²) in [6.45, 7) is 1.61. The fourth-order valence-corrected chi connectivity index (χ4v) is 1.98. The maximum atomic E-state index is 12.1. The summed E-state index contributed by atoms with van der Waals surface area (Å²) in [7, 11) is 2.69. The number of nitro groups is 1. The van der Waals surface area contributed by atoms with Gasteiger partial charge in [0.1, 0.15) is 0 Å². The number of aromatic carboxylic acids is 1. The summed E-state index contributed by atoms with van der Waals surface area (Å²) < 4.78 is 14.8. The molecule has 126 valence electrons. The Balaban J connectivity index is 3.55. The molecule has 0 bridgehead atoms. The smallest absolute Gasteiger partial charge is 0.338 e. The molecule has 0 atom stereocenters. The van der Waals surface area contributed by atoms with Crippen molar-refractivity contribution in [3.8, 4) is 0 Å². The lowest BCUT2D eigenvalue weighted by molar-refractivity contribution is -0.385. The molecule has 1 aromatic carbocycles. The number of carbonyl (C=O) groups is 2. The molecule has 0 saturated carbocycles. The van der Waals surface area contributed by atoms with Crippen molar-refractivity contribution in [2.45, 2.75) is 19.6 Å². The van der Waals surface area contributed by atoms with Crippen molar-refractivity contribution >= 4 is 17.6 Å². The van der Waals surface area contributed by atoms with Gasteiger partial charge in [0.25, 0.3) is 5.69 Å². The maximum absolute atomic E-state index is 12.1. The summed E-state index contributed by atoms with van der Waals surface area (Å²) in [5.41, 5.74) is -1.09. The van der Waals surface area contributed by atoms with E-state index >= 15 is 0 Å². The van der Waals surface area contributed by atoms with E-state index in [4.69, 9.17) is 19.3 Å². The van der Waals surface area contributed by atoms with Gasteiger partial charge in [-0.25, -0.2) is 9.59 Å². The lowest BCUT2D eigenvalue weighted by Crippen LogP contribution is -2.20. The Bertz CT molecular complexity index is 609. The quantitative estimate of drug-likeness (QED) is 0.330. The molecule has 0 saturated heterocycles. The van der Waals surface area contributed by atoms with Crippen molar-refractivity contribution in [3.05, 3.63) is 38.9 Å². The van der Waals surface area contributed by atoms with Crippen LogP contribution >= 0.6 is 0 Å². The highest BCUT2D eigenvalue weighted by molar-refractivity contribution is 5.97. The summed E-state index contributed by atoms with van der Waals surface area (Å²) in [4.78, 5) is 33.7. The fourth-order valence-electron chi connectivity index (χ4n) is 1.98. The number of ether oxygens (including phenoxy) is 3. The van der Waals surface area contributed by atoms with Gasteiger partial charge in [-0.05, 0) is 13.0 Å². The number of nitrogens with zero attached hydrogens (tertiary/aromatic N) is 1. The van der Waals surface area contributed by atoms with Crippen molar-refractivity contribution in [1.29, 1.82) is 0 Å². The molecule has 23 heavy (non-hydrogen) atoms. The number of rotatable bonds is 8. The molecule has 0 spiro atoms. The molecule has 0 aliphatic carbocycles. The number of carboxylic acid groups (broad SMARTS) is 1. The van der Waals surface area contributed by atoms with Gasteiger partial charge in [-0.15, -0.1) is 0 Å². The fraction of sp³-hybridized carbons (Fsp3) is 0.429. The summed E-state index contributed by atoms with van der Waals surface area (Å²) in [5, 5.41) is 20.3. The number of hydrogen-bond acceptors (Lipinski definition) is 7. The highest BCUT2D eigenvalue weighted by Crippen LogP contribution is 2.28. The highest BCUT2D eigenvalue weighted by Gasteiger charge is 2.28. The van der Waals surface area contributed by atoms with E-state index in [1.165, 1.54) is 14.2 Å². The van der Waals surface area contributed by atoms with Crippen LogP contribution in [0.1, 0.15) is 33.2 Å². The van der Waals surface area contributed by atoms with E-state index < -0.39 is 28.8 Å². The van der Waals surface area contributed by atoms with Crippen LogP contribution in [0.4, 0.5) is 5.69 Å². The Morgan fingerprint density at radius 1 is 1.30 bits per heavy atom. The first-order valence-electron chi connectivity index (χ1n) is 6.62. The van der Waals surface area contributed by atoms with Crippen LogP contribution in [-0.2, 0) is 20.6 Å². The van der Waals surface area contributed by atoms with Crippen molar-refractivity contribution in [2.75, 3.05) is 20.8 Å². The third-order valence-corrected chi connectivity index (χ3v) is 3.06. The van der Waals surface area contributed by atoms with E-state index in [0.29, 0.717) is 0 Å². The second-order valence-electron chi connectivity index (χ2n) is 4.41. The van der Waals surface area contributed by atoms with E-state index in [9.17, 15) is 19.7 Å². The van der Waals surface area contributed by atoms with Gasteiger partial charge in [-0.3, -0.25) is 10.1 Å². The Kier molecular flexibility index (Phi) is 6.61. The van der Waals surface area contributed by atoms with E-state index in [1.54, 1.807) is 6.92 Å². The Hall–Kier alpha value is -2.52. The van der Waals surface area contributed by atoms with Crippen molar-refractivity contribution < 1.29 is 33.8 Å². The number of hydrogen-bond donors (Lipinski definition) is 1. The molecule has 1 aromatic rings. The molecule has 0 fully saturated rings. The number of nitro benzene ring substituents is 1. The number of carbonyl (C=O) groups excluding carboxylic acids is 1.